The number of likely N-dealkylation sites (tertiary alicyclic amines) is 1. The maximum Gasteiger partial charge on any atom is 0.401 e. The van der Waals surface area contributed by atoms with E-state index in [1.165, 1.54) is 4.90 Å². The highest BCUT2D eigenvalue weighted by molar-refractivity contribution is 14.0. The lowest BCUT2D eigenvalue weighted by Crippen LogP contribution is -2.40. The van der Waals surface area contributed by atoms with Gasteiger partial charge in [-0.05, 0) is 56.7 Å². The first-order valence-corrected chi connectivity index (χ1v) is 11.2. The molecule has 0 atom stereocenters. The van der Waals surface area contributed by atoms with Gasteiger partial charge in [-0.3, -0.25) is 9.89 Å². The summed E-state index contributed by atoms with van der Waals surface area (Å²) in [6.45, 7) is 2.50. The van der Waals surface area contributed by atoms with E-state index in [9.17, 15) is 13.2 Å². The highest BCUT2D eigenvalue weighted by Gasteiger charge is 2.32. The summed E-state index contributed by atoms with van der Waals surface area (Å²) in [5.74, 6) is 3.16. The summed E-state index contributed by atoms with van der Waals surface area (Å²) in [6.07, 6.45) is 2.95. The van der Waals surface area contributed by atoms with Crippen LogP contribution in [0.5, 0.6) is 0 Å². The number of nitrogens with one attached hydrogen (secondary N) is 2. The lowest BCUT2D eigenvalue weighted by Gasteiger charge is -2.32. The zero-order valence-corrected chi connectivity index (χ0v) is 20.0. The van der Waals surface area contributed by atoms with E-state index >= 15 is 0 Å². The summed E-state index contributed by atoms with van der Waals surface area (Å²) in [6, 6.07) is 3.83. The summed E-state index contributed by atoms with van der Waals surface area (Å²) in [5.41, 5.74) is 0. The average Bonchev–Trinajstić information content (AvgIpc) is 3.15. The number of hydrogen-bond donors (Lipinski definition) is 2. The largest absolute Gasteiger partial charge is 0.469 e. The molecule has 1 aromatic rings. The van der Waals surface area contributed by atoms with Crippen LogP contribution in [-0.4, -0.2) is 68.3 Å². The predicted molar refractivity (Wildman–Crippen MR) is 124 cm³/mol. The summed E-state index contributed by atoms with van der Waals surface area (Å²) in [4.78, 5) is 6.15. The summed E-state index contributed by atoms with van der Waals surface area (Å²) in [7, 11) is 0. The standard InChI is InChI=1S/C19H31F3N4OS.HI/c1-28-14-10-25-18(24-9-5-17-3-2-13-27-17)23-8-4-16-6-11-26(12-7-16)15-19(20,21)22;/h2-3,13,16H,4-12,14-15H2,1H3,(H2,23,24,25);1H. The highest BCUT2D eigenvalue weighted by atomic mass is 127. The van der Waals surface area contributed by atoms with Gasteiger partial charge in [0.05, 0.1) is 12.8 Å². The van der Waals surface area contributed by atoms with Crippen LogP contribution in [0.1, 0.15) is 25.0 Å². The number of halogens is 4. The molecule has 1 fully saturated rings. The van der Waals surface area contributed by atoms with Crippen molar-refractivity contribution in [3.63, 3.8) is 0 Å². The molecule has 10 heteroatoms. The van der Waals surface area contributed by atoms with Crippen LogP contribution in [0.4, 0.5) is 13.2 Å². The van der Waals surface area contributed by atoms with Crippen LogP contribution < -0.4 is 10.6 Å². The Morgan fingerprint density at radius 1 is 1.28 bits per heavy atom. The van der Waals surface area contributed by atoms with E-state index < -0.39 is 12.7 Å². The molecule has 0 aliphatic carbocycles. The number of hydrogen-bond acceptors (Lipinski definition) is 4. The van der Waals surface area contributed by atoms with Gasteiger partial charge < -0.3 is 15.1 Å². The third-order valence-corrected chi connectivity index (χ3v) is 5.37. The van der Waals surface area contributed by atoms with E-state index in [1.807, 2.05) is 12.1 Å². The van der Waals surface area contributed by atoms with Gasteiger partial charge in [0.25, 0.3) is 0 Å². The second kappa shape index (κ2) is 14.4. The maximum atomic E-state index is 12.5. The molecule has 2 rings (SSSR count). The highest BCUT2D eigenvalue weighted by Crippen LogP contribution is 2.24. The van der Waals surface area contributed by atoms with Crippen molar-refractivity contribution in [1.82, 2.24) is 15.5 Å². The molecular formula is C19H32F3IN4OS. The van der Waals surface area contributed by atoms with Crippen molar-refractivity contribution >= 4 is 41.7 Å². The van der Waals surface area contributed by atoms with Crippen LogP contribution in [-0.2, 0) is 6.42 Å². The number of thioether (sulfide) groups is 1. The second-order valence-corrected chi connectivity index (χ2v) is 8.02. The Kier molecular flexibility index (Phi) is 13.1. The average molecular weight is 548 g/mol. The number of rotatable bonds is 10. The predicted octanol–water partition coefficient (Wildman–Crippen LogP) is 4.00. The summed E-state index contributed by atoms with van der Waals surface area (Å²) in [5, 5.41) is 6.65. The van der Waals surface area contributed by atoms with E-state index in [0.717, 1.165) is 56.2 Å². The minimum Gasteiger partial charge on any atom is -0.469 e. The molecule has 1 aromatic heterocycles. The number of furan rings is 1. The Balaban J connectivity index is 0.00000420. The first kappa shape index (κ1) is 26.4. The third-order valence-electron chi connectivity index (χ3n) is 4.76. The Morgan fingerprint density at radius 2 is 2.00 bits per heavy atom. The molecule has 0 spiro atoms. The van der Waals surface area contributed by atoms with Gasteiger partial charge in [-0.1, -0.05) is 0 Å². The SMILES string of the molecule is CSCCNC(=NCCC1CCN(CC(F)(F)F)CC1)NCCc1ccco1.I. The lowest BCUT2D eigenvalue weighted by molar-refractivity contribution is -0.148. The third kappa shape index (κ3) is 12.0. The molecule has 0 bridgehead atoms. The van der Waals surface area contributed by atoms with Gasteiger partial charge in [-0.25, -0.2) is 0 Å². The van der Waals surface area contributed by atoms with Crippen molar-refractivity contribution < 1.29 is 17.6 Å². The van der Waals surface area contributed by atoms with Crippen LogP contribution in [0.15, 0.2) is 27.8 Å². The van der Waals surface area contributed by atoms with Crippen LogP contribution in [0.25, 0.3) is 0 Å². The van der Waals surface area contributed by atoms with E-state index in [4.69, 9.17) is 4.42 Å². The first-order chi connectivity index (χ1) is 13.5. The van der Waals surface area contributed by atoms with Gasteiger partial charge in [-0.2, -0.15) is 24.9 Å². The first-order valence-electron chi connectivity index (χ1n) is 9.79. The fourth-order valence-electron chi connectivity index (χ4n) is 3.25. The molecule has 5 nitrogen and oxygen atoms in total. The molecule has 0 aromatic carbocycles. The molecule has 0 unspecified atom stereocenters. The fraction of sp³-hybridized carbons (Fsp3) is 0.737. The lowest BCUT2D eigenvalue weighted by atomic mass is 9.93. The van der Waals surface area contributed by atoms with Gasteiger partial charge in [0.1, 0.15) is 5.76 Å². The number of guanidine groups is 1. The topological polar surface area (TPSA) is 52.8 Å². The van der Waals surface area contributed by atoms with Crippen molar-refractivity contribution in [2.45, 2.75) is 31.9 Å². The summed E-state index contributed by atoms with van der Waals surface area (Å²) < 4.78 is 42.7. The number of aliphatic imine (C=N–C) groups is 1. The number of nitrogens with zero attached hydrogens (tertiary/aromatic N) is 2. The van der Waals surface area contributed by atoms with Crippen LogP contribution in [0.2, 0.25) is 0 Å². The van der Waals surface area contributed by atoms with E-state index in [2.05, 4.69) is 21.9 Å². The van der Waals surface area contributed by atoms with Crippen LogP contribution in [0, 0.1) is 5.92 Å². The van der Waals surface area contributed by atoms with Gasteiger partial charge in [0.2, 0.25) is 0 Å². The molecule has 1 aliphatic heterocycles. The number of piperidine rings is 1. The second-order valence-electron chi connectivity index (χ2n) is 7.03. The van der Waals surface area contributed by atoms with E-state index in [0.29, 0.717) is 25.6 Å². The van der Waals surface area contributed by atoms with E-state index in [1.54, 1.807) is 18.0 Å². The quantitative estimate of drug-likeness (QED) is 0.201. The molecule has 2 heterocycles. The van der Waals surface area contributed by atoms with Crippen molar-refractivity contribution in [2.75, 3.05) is 51.3 Å². The Bertz CT molecular complexity index is 564. The fourth-order valence-corrected chi connectivity index (χ4v) is 3.56. The van der Waals surface area contributed by atoms with Gasteiger partial charge >= 0.3 is 6.18 Å². The molecule has 2 N–H and O–H groups in total. The zero-order chi connectivity index (χ0) is 20.2. The Morgan fingerprint density at radius 3 is 2.62 bits per heavy atom. The Labute approximate surface area is 192 Å². The van der Waals surface area contributed by atoms with Crippen molar-refractivity contribution in [3.8, 4) is 0 Å². The maximum absolute atomic E-state index is 12.5. The van der Waals surface area contributed by atoms with Crippen molar-refractivity contribution in [2.24, 2.45) is 10.9 Å². The molecule has 0 radical (unpaired) electrons. The van der Waals surface area contributed by atoms with Gasteiger partial charge in [0.15, 0.2) is 5.96 Å². The van der Waals surface area contributed by atoms with Crippen LogP contribution in [0.3, 0.4) is 0 Å². The Hall–Kier alpha value is -0.620. The molecule has 168 valence electrons. The minimum absolute atomic E-state index is 0. The number of alkyl halides is 3. The zero-order valence-electron chi connectivity index (χ0n) is 16.8. The smallest absolute Gasteiger partial charge is 0.401 e. The van der Waals surface area contributed by atoms with Gasteiger partial charge in [0, 0.05) is 31.8 Å². The molecule has 1 saturated heterocycles. The molecule has 0 saturated carbocycles. The van der Waals surface area contributed by atoms with E-state index in [-0.39, 0.29) is 24.0 Å². The van der Waals surface area contributed by atoms with Crippen molar-refractivity contribution in [3.05, 3.63) is 24.2 Å². The molecular weight excluding hydrogens is 516 g/mol. The molecule has 0 amide bonds. The molecule has 1 aliphatic rings. The van der Waals surface area contributed by atoms with Crippen molar-refractivity contribution in [1.29, 1.82) is 0 Å². The monoisotopic (exact) mass is 548 g/mol. The minimum atomic E-state index is -4.10. The normalized spacial score (nSPS) is 16.5. The van der Waals surface area contributed by atoms with Gasteiger partial charge in [-0.15, -0.1) is 24.0 Å². The molecule has 29 heavy (non-hydrogen) atoms. The van der Waals surface area contributed by atoms with Crippen LogP contribution >= 0.6 is 35.7 Å². The summed E-state index contributed by atoms with van der Waals surface area (Å²) >= 11 is 1.77.